The molecule has 7 heteroatoms. The Morgan fingerprint density at radius 3 is 1.88 bits per heavy atom. The van der Waals surface area contributed by atoms with E-state index in [1.165, 1.54) is 51.8 Å². The molecule has 248 valence electrons. The molecule has 0 unspecified atom stereocenters. The molecular weight excluding hydrogens is 647 g/mol. The Balaban J connectivity index is 3.22. The number of carboxylic acids is 1. The van der Waals surface area contributed by atoms with Crippen molar-refractivity contribution in [2.45, 2.75) is 183 Å². The summed E-state index contributed by atoms with van der Waals surface area (Å²) in [4.78, 5) is 12.0. The second-order valence-electron chi connectivity index (χ2n) is 15.6. The normalized spacial score (nSPS) is 24.1. The van der Waals surface area contributed by atoms with Crippen molar-refractivity contribution in [1.29, 1.82) is 0 Å². The SMILES string of the molecule is CCC[CH2][Sn](/[CH]=C/C[C@H](C)[C@H]1OC(C)(C)O[C@@H]([C@H](C)[C@@H](CC(=O)O)O[Si](C)(C)C(C)(C)C)[C@H]1C)([CH2]CCC)[CH2]CCC. The summed E-state index contributed by atoms with van der Waals surface area (Å²) in [7, 11) is -2.18. The Morgan fingerprint density at radius 2 is 1.45 bits per heavy atom. The fourth-order valence-electron chi connectivity index (χ4n) is 6.46. The van der Waals surface area contributed by atoms with Gasteiger partial charge in [-0.3, -0.25) is 0 Å². The van der Waals surface area contributed by atoms with E-state index in [9.17, 15) is 9.90 Å². The standard InChI is InChI=1S/C23H43O5Si.3C4H9.Sn/c1-12-13-15(2)20-17(4)21(27-23(8,9)26-20)16(3)18(14-19(24)25)28-29(10,11)22(5,6)7;3*1-3-4-2;/h1,12,15-18,20-21H,13-14H2,2-11H3,(H,24,25);3*1,3-4H2,2H3;/t15-,16+,17-,18+,20+,21-;;;;/m0..../s1. The summed E-state index contributed by atoms with van der Waals surface area (Å²) in [6, 6.07) is 0. The van der Waals surface area contributed by atoms with Gasteiger partial charge in [-0.15, -0.1) is 0 Å². The van der Waals surface area contributed by atoms with E-state index in [2.05, 4.69) is 85.6 Å². The van der Waals surface area contributed by atoms with Crippen LogP contribution in [-0.4, -0.2) is 61.9 Å². The van der Waals surface area contributed by atoms with Crippen LogP contribution in [0.1, 0.15) is 128 Å². The Hall–Kier alpha value is 0.106. The molecule has 6 atom stereocenters. The predicted molar refractivity (Wildman–Crippen MR) is 184 cm³/mol. The van der Waals surface area contributed by atoms with E-state index >= 15 is 0 Å². The molecule has 1 aliphatic rings. The molecule has 1 aliphatic heterocycles. The van der Waals surface area contributed by atoms with E-state index in [4.69, 9.17) is 13.9 Å². The third-order valence-corrected chi connectivity index (χ3v) is 29.0. The van der Waals surface area contributed by atoms with Crippen molar-refractivity contribution in [1.82, 2.24) is 0 Å². The van der Waals surface area contributed by atoms with Gasteiger partial charge in [0.2, 0.25) is 0 Å². The van der Waals surface area contributed by atoms with Gasteiger partial charge in [0.1, 0.15) is 0 Å². The number of hydrogen-bond acceptors (Lipinski definition) is 4. The van der Waals surface area contributed by atoms with Crippen molar-refractivity contribution in [2.24, 2.45) is 17.8 Å². The molecule has 0 aromatic heterocycles. The van der Waals surface area contributed by atoms with Crippen LogP contribution in [0.25, 0.3) is 0 Å². The van der Waals surface area contributed by atoms with E-state index in [1.807, 2.05) is 13.8 Å². The zero-order valence-electron chi connectivity index (χ0n) is 30.0. The van der Waals surface area contributed by atoms with Gasteiger partial charge in [0.15, 0.2) is 0 Å². The van der Waals surface area contributed by atoms with Crippen LogP contribution in [0.2, 0.25) is 31.4 Å². The molecule has 1 saturated heterocycles. The molecule has 0 saturated carbocycles. The first-order valence-electron chi connectivity index (χ1n) is 17.3. The number of unbranched alkanes of at least 4 members (excludes halogenated alkanes) is 3. The predicted octanol–water partition coefficient (Wildman–Crippen LogP) is 10.6. The number of allylic oxidation sites excluding steroid dienone is 1. The van der Waals surface area contributed by atoms with E-state index in [0.717, 1.165) is 6.42 Å². The van der Waals surface area contributed by atoms with Gasteiger partial charge in [-0.2, -0.15) is 0 Å². The maximum absolute atomic E-state index is 12.0. The van der Waals surface area contributed by atoms with Crippen LogP contribution in [0.4, 0.5) is 0 Å². The van der Waals surface area contributed by atoms with Crippen molar-refractivity contribution in [3.05, 3.63) is 10.2 Å². The molecule has 1 rings (SSSR count). The van der Waals surface area contributed by atoms with E-state index < -0.39 is 44.6 Å². The molecule has 0 radical (unpaired) electrons. The maximum atomic E-state index is 12.0. The van der Waals surface area contributed by atoms with Crippen LogP contribution in [0, 0.1) is 17.8 Å². The summed E-state index contributed by atoms with van der Waals surface area (Å²) < 4.78 is 27.3. The van der Waals surface area contributed by atoms with Gasteiger partial charge in [-0.25, -0.2) is 0 Å². The quantitative estimate of drug-likeness (QED) is 0.135. The van der Waals surface area contributed by atoms with Crippen molar-refractivity contribution in [3.8, 4) is 0 Å². The van der Waals surface area contributed by atoms with Crippen LogP contribution in [0.15, 0.2) is 10.2 Å². The van der Waals surface area contributed by atoms with Gasteiger partial charge < -0.3 is 0 Å². The summed E-state index contributed by atoms with van der Waals surface area (Å²) in [5.41, 5.74) is 0. The molecule has 0 bridgehead atoms. The minimum absolute atomic E-state index is 0.000104. The van der Waals surface area contributed by atoms with Crippen LogP contribution >= 0.6 is 0 Å². The zero-order valence-corrected chi connectivity index (χ0v) is 33.8. The summed E-state index contributed by atoms with van der Waals surface area (Å²) in [6.45, 7) is 28.7. The van der Waals surface area contributed by atoms with Crippen molar-refractivity contribution >= 4 is 32.7 Å². The molecule has 1 fully saturated rings. The van der Waals surface area contributed by atoms with Gasteiger partial charge in [-0.05, 0) is 0 Å². The number of carboxylic acid groups (broad SMARTS) is 1. The molecule has 1 N–H and O–H groups in total. The van der Waals surface area contributed by atoms with E-state index in [-0.39, 0.29) is 35.5 Å². The number of carbonyl (C=O) groups is 1. The molecule has 0 amide bonds. The minimum atomic E-state index is -2.33. The average molecular weight is 718 g/mol. The fraction of sp³-hybridized carbons (Fsp3) is 0.914. The van der Waals surface area contributed by atoms with Crippen LogP contribution < -0.4 is 0 Å². The summed E-state index contributed by atoms with van der Waals surface area (Å²) in [6.07, 6.45) is 11.1. The molecule has 0 aliphatic carbocycles. The molecule has 42 heavy (non-hydrogen) atoms. The molecule has 0 spiro atoms. The monoisotopic (exact) mass is 718 g/mol. The summed E-state index contributed by atoms with van der Waals surface area (Å²) in [5, 5.41) is 9.83. The van der Waals surface area contributed by atoms with Gasteiger partial charge >= 0.3 is 247 Å². The molecule has 1 heterocycles. The number of hydrogen-bond donors (Lipinski definition) is 1. The third kappa shape index (κ3) is 12.5. The molecule has 0 aromatic rings. The molecular formula is C35H70O5SiSn. The van der Waals surface area contributed by atoms with Crippen molar-refractivity contribution in [2.75, 3.05) is 0 Å². The summed E-state index contributed by atoms with van der Waals surface area (Å²) >= 11 is -2.33. The van der Waals surface area contributed by atoms with Gasteiger partial charge in [-0.1, -0.05) is 20.8 Å². The van der Waals surface area contributed by atoms with Crippen LogP contribution in [0.3, 0.4) is 0 Å². The van der Waals surface area contributed by atoms with Crippen molar-refractivity contribution < 1.29 is 23.8 Å². The Bertz CT molecular complexity index is 799. The summed E-state index contributed by atoms with van der Waals surface area (Å²) in [5.74, 6) is -1.14. The van der Waals surface area contributed by atoms with Gasteiger partial charge in [0.05, 0.1) is 0 Å². The Morgan fingerprint density at radius 1 is 0.976 bits per heavy atom. The van der Waals surface area contributed by atoms with Crippen LogP contribution in [0.5, 0.6) is 0 Å². The van der Waals surface area contributed by atoms with Gasteiger partial charge in [0.25, 0.3) is 0 Å². The van der Waals surface area contributed by atoms with Gasteiger partial charge in [0, 0.05) is 0 Å². The third-order valence-electron chi connectivity index (χ3n) is 10.2. The number of rotatable bonds is 19. The van der Waals surface area contributed by atoms with E-state index in [1.54, 1.807) is 0 Å². The zero-order chi connectivity index (χ0) is 32.4. The average Bonchev–Trinajstić information content (AvgIpc) is 2.88. The first-order valence-corrected chi connectivity index (χ1v) is 27.9. The second-order valence-corrected chi connectivity index (χ2v) is 33.4. The number of ether oxygens (including phenoxy) is 2. The topological polar surface area (TPSA) is 65.0 Å². The second kappa shape index (κ2) is 17.7. The Kier molecular flexibility index (Phi) is 16.9. The van der Waals surface area contributed by atoms with E-state index in [0.29, 0.717) is 5.92 Å². The molecule has 5 nitrogen and oxygen atoms in total. The Labute approximate surface area is 266 Å². The van der Waals surface area contributed by atoms with Crippen molar-refractivity contribution in [3.63, 3.8) is 0 Å². The first kappa shape index (κ1) is 40.1. The molecule has 0 aromatic carbocycles. The van der Waals surface area contributed by atoms with Crippen LogP contribution in [-0.2, 0) is 18.7 Å². The number of aliphatic carboxylic acids is 1. The fourth-order valence-corrected chi connectivity index (χ4v) is 22.3. The first-order chi connectivity index (χ1) is 19.3.